The van der Waals surface area contributed by atoms with E-state index in [1.165, 1.54) is 92.9 Å². The van der Waals surface area contributed by atoms with Gasteiger partial charge in [0, 0.05) is 0 Å². The van der Waals surface area contributed by atoms with Crippen molar-refractivity contribution in [3.63, 3.8) is 0 Å². The van der Waals surface area contributed by atoms with Crippen LogP contribution in [0, 0.1) is 5.92 Å². The summed E-state index contributed by atoms with van der Waals surface area (Å²) in [6, 6.07) is 18.5. The fraction of sp³-hybridized carbons (Fsp3) is 0.500. The maximum atomic E-state index is 2.48. The molecular weight excluding hydrogens is 336 g/mol. The van der Waals surface area contributed by atoms with E-state index < -0.39 is 0 Å². The van der Waals surface area contributed by atoms with Crippen LogP contribution in [0.25, 0.3) is 16.7 Å². The second-order valence-electron chi connectivity index (χ2n) is 8.57. The molecule has 1 atom stereocenters. The predicted molar refractivity (Wildman–Crippen MR) is 125 cm³/mol. The van der Waals surface area contributed by atoms with E-state index in [2.05, 4.69) is 68.5 Å². The average molecular weight is 375 g/mol. The lowest BCUT2D eigenvalue weighted by molar-refractivity contribution is 0.471. The standard InChI is InChI=1S/C28H38/c1-3-5-6-7-8-9-10-24-13-17-26(18-14-24)28-21-19-27(20-22-28)25-15-11-23(4-2)12-16-25/h13-15,17-23H,3-12,16H2,1-2H3. The molecule has 1 aliphatic carbocycles. The first kappa shape index (κ1) is 20.9. The Morgan fingerprint density at radius 1 is 0.714 bits per heavy atom. The molecule has 0 nitrogen and oxygen atoms in total. The molecule has 0 fully saturated rings. The lowest BCUT2D eigenvalue weighted by atomic mass is 9.85. The maximum Gasteiger partial charge on any atom is -0.0184 e. The van der Waals surface area contributed by atoms with Gasteiger partial charge in [0.1, 0.15) is 0 Å². The molecule has 0 saturated heterocycles. The van der Waals surface area contributed by atoms with E-state index in [4.69, 9.17) is 0 Å². The van der Waals surface area contributed by atoms with Crippen molar-refractivity contribution < 1.29 is 0 Å². The fourth-order valence-corrected chi connectivity index (χ4v) is 4.37. The minimum Gasteiger partial charge on any atom is -0.0804 e. The number of hydrogen-bond acceptors (Lipinski definition) is 0. The molecule has 28 heavy (non-hydrogen) atoms. The molecule has 0 saturated carbocycles. The first-order chi connectivity index (χ1) is 13.8. The van der Waals surface area contributed by atoms with Crippen molar-refractivity contribution in [1.29, 1.82) is 0 Å². The van der Waals surface area contributed by atoms with Gasteiger partial charge in [-0.05, 0) is 65.8 Å². The zero-order valence-electron chi connectivity index (χ0n) is 18.1. The second kappa shape index (κ2) is 11.2. The Balaban J connectivity index is 1.52. The van der Waals surface area contributed by atoms with Crippen molar-refractivity contribution >= 4 is 5.57 Å². The normalized spacial score (nSPS) is 16.8. The second-order valence-corrected chi connectivity index (χ2v) is 8.57. The van der Waals surface area contributed by atoms with E-state index in [0.29, 0.717) is 0 Å². The summed E-state index contributed by atoms with van der Waals surface area (Å²) in [5, 5.41) is 0. The number of benzene rings is 2. The predicted octanol–water partition coefficient (Wildman–Crippen LogP) is 8.85. The van der Waals surface area contributed by atoms with E-state index in [-0.39, 0.29) is 0 Å². The van der Waals surface area contributed by atoms with Crippen LogP contribution in [0.15, 0.2) is 54.6 Å². The topological polar surface area (TPSA) is 0 Å². The molecular formula is C28H38. The van der Waals surface area contributed by atoms with Gasteiger partial charge in [0.15, 0.2) is 0 Å². The Bertz CT molecular complexity index is 718. The van der Waals surface area contributed by atoms with Gasteiger partial charge >= 0.3 is 0 Å². The van der Waals surface area contributed by atoms with Crippen molar-refractivity contribution in [2.75, 3.05) is 0 Å². The van der Waals surface area contributed by atoms with Crippen LogP contribution in [-0.4, -0.2) is 0 Å². The third-order valence-corrected chi connectivity index (χ3v) is 6.46. The molecule has 3 rings (SSSR count). The Hall–Kier alpha value is -1.82. The Morgan fingerprint density at radius 3 is 1.93 bits per heavy atom. The van der Waals surface area contributed by atoms with Crippen molar-refractivity contribution in [3.8, 4) is 11.1 Å². The summed E-state index contributed by atoms with van der Waals surface area (Å²) in [4.78, 5) is 0. The summed E-state index contributed by atoms with van der Waals surface area (Å²) < 4.78 is 0. The highest BCUT2D eigenvalue weighted by Crippen LogP contribution is 2.32. The van der Waals surface area contributed by atoms with Gasteiger partial charge < -0.3 is 0 Å². The van der Waals surface area contributed by atoms with Crippen LogP contribution >= 0.6 is 0 Å². The summed E-state index contributed by atoms with van der Waals surface area (Å²) in [5.41, 5.74) is 7.11. The highest BCUT2D eigenvalue weighted by molar-refractivity contribution is 5.71. The van der Waals surface area contributed by atoms with Crippen LogP contribution in [0.3, 0.4) is 0 Å². The number of unbranched alkanes of at least 4 members (excludes halogenated alkanes) is 5. The summed E-state index contributed by atoms with van der Waals surface area (Å²) in [6.07, 6.45) is 17.1. The van der Waals surface area contributed by atoms with Crippen LogP contribution in [0.2, 0.25) is 0 Å². The zero-order valence-corrected chi connectivity index (χ0v) is 18.1. The van der Waals surface area contributed by atoms with E-state index in [1.807, 2.05) is 0 Å². The molecule has 150 valence electrons. The number of aryl methyl sites for hydroxylation is 1. The molecule has 0 N–H and O–H groups in total. The monoisotopic (exact) mass is 374 g/mol. The molecule has 2 aromatic carbocycles. The molecule has 0 aromatic heterocycles. The number of rotatable bonds is 10. The van der Waals surface area contributed by atoms with Gasteiger partial charge in [-0.15, -0.1) is 0 Å². The molecule has 0 bridgehead atoms. The highest BCUT2D eigenvalue weighted by atomic mass is 14.2. The van der Waals surface area contributed by atoms with Gasteiger partial charge in [0.05, 0.1) is 0 Å². The molecule has 1 unspecified atom stereocenters. The summed E-state index contributed by atoms with van der Waals surface area (Å²) in [7, 11) is 0. The third-order valence-electron chi connectivity index (χ3n) is 6.46. The Kier molecular flexibility index (Phi) is 8.40. The summed E-state index contributed by atoms with van der Waals surface area (Å²) in [6.45, 7) is 4.60. The molecule has 0 aliphatic heterocycles. The molecule has 0 spiro atoms. The lowest BCUT2D eigenvalue weighted by Gasteiger charge is -2.20. The van der Waals surface area contributed by atoms with Gasteiger partial charge in [-0.1, -0.05) is 107 Å². The third kappa shape index (κ3) is 6.09. The Morgan fingerprint density at radius 2 is 1.32 bits per heavy atom. The van der Waals surface area contributed by atoms with Gasteiger partial charge in [-0.3, -0.25) is 0 Å². The van der Waals surface area contributed by atoms with Gasteiger partial charge in [-0.25, -0.2) is 0 Å². The molecule has 0 heteroatoms. The maximum absolute atomic E-state index is 2.48. The van der Waals surface area contributed by atoms with Crippen molar-refractivity contribution in [3.05, 3.63) is 65.7 Å². The van der Waals surface area contributed by atoms with Crippen LogP contribution in [0.5, 0.6) is 0 Å². The zero-order chi connectivity index (χ0) is 19.6. The van der Waals surface area contributed by atoms with Crippen molar-refractivity contribution in [2.45, 2.75) is 84.5 Å². The Labute approximate surface area is 173 Å². The SMILES string of the molecule is CCCCCCCCc1ccc(-c2ccc(C3=CCC(CC)CC3)cc2)cc1. The average Bonchev–Trinajstić information content (AvgIpc) is 2.77. The molecule has 0 radical (unpaired) electrons. The smallest absolute Gasteiger partial charge is 0.0184 e. The van der Waals surface area contributed by atoms with Crippen LogP contribution in [-0.2, 0) is 6.42 Å². The van der Waals surface area contributed by atoms with Gasteiger partial charge in [0.2, 0.25) is 0 Å². The largest absolute Gasteiger partial charge is 0.0804 e. The van der Waals surface area contributed by atoms with Crippen LogP contribution in [0.4, 0.5) is 0 Å². The van der Waals surface area contributed by atoms with Crippen LogP contribution < -0.4 is 0 Å². The lowest BCUT2D eigenvalue weighted by Crippen LogP contribution is -2.03. The first-order valence-corrected chi connectivity index (χ1v) is 11.7. The minimum atomic E-state index is 0.901. The molecule has 0 amide bonds. The molecule has 2 aromatic rings. The van der Waals surface area contributed by atoms with Gasteiger partial charge in [-0.2, -0.15) is 0 Å². The number of hydrogen-bond donors (Lipinski definition) is 0. The van der Waals surface area contributed by atoms with E-state index >= 15 is 0 Å². The van der Waals surface area contributed by atoms with E-state index in [1.54, 1.807) is 5.57 Å². The summed E-state index contributed by atoms with van der Waals surface area (Å²) >= 11 is 0. The summed E-state index contributed by atoms with van der Waals surface area (Å²) in [5.74, 6) is 0.901. The quantitative estimate of drug-likeness (QED) is 0.364. The van der Waals surface area contributed by atoms with E-state index in [9.17, 15) is 0 Å². The molecule has 1 aliphatic rings. The molecule has 0 heterocycles. The fourth-order valence-electron chi connectivity index (χ4n) is 4.37. The van der Waals surface area contributed by atoms with Crippen molar-refractivity contribution in [1.82, 2.24) is 0 Å². The minimum absolute atomic E-state index is 0.901. The highest BCUT2D eigenvalue weighted by Gasteiger charge is 2.13. The van der Waals surface area contributed by atoms with E-state index in [0.717, 1.165) is 5.92 Å². The van der Waals surface area contributed by atoms with Gasteiger partial charge in [0.25, 0.3) is 0 Å². The van der Waals surface area contributed by atoms with Crippen molar-refractivity contribution in [2.24, 2.45) is 5.92 Å². The number of allylic oxidation sites excluding steroid dienone is 2. The first-order valence-electron chi connectivity index (χ1n) is 11.7. The van der Waals surface area contributed by atoms with Crippen LogP contribution in [0.1, 0.15) is 89.2 Å².